The number of rotatable bonds is 14. The van der Waals surface area contributed by atoms with Crippen molar-refractivity contribution in [2.75, 3.05) is 13.2 Å². The van der Waals surface area contributed by atoms with Gasteiger partial charge in [0, 0.05) is 17.8 Å². The second kappa shape index (κ2) is 13.7. The molecule has 0 spiro atoms. The summed E-state index contributed by atoms with van der Waals surface area (Å²) in [6.45, 7) is 19.3. The maximum atomic E-state index is 12.0. The molecule has 2 aliphatic rings. The van der Waals surface area contributed by atoms with Gasteiger partial charge in [0.1, 0.15) is 0 Å². The van der Waals surface area contributed by atoms with E-state index in [1.165, 1.54) is 64.2 Å². The summed E-state index contributed by atoms with van der Waals surface area (Å²) >= 11 is 0. The van der Waals surface area contributed by atoms with Gasteiger partial charge in [0.05, 0.1) is 19.0 Å². The quantitative estimate of drug-likeness (QED) is 0.109. The molecule has 196 valence electrons. The lowest BCUT2D eigenvalue weighted by atomic mass is 9.50. The van der Waals surface area contributed by atoms with Gasteiger partial charge in [-0.1, -0.05) is 91.9 Å². The van der Waals surface area contributed by atoms with E-state index in [0.29, 0.717) is 31.0 Å². The Morgan fingerprint density at radius 1 is 1.09 bits per heavy atom. The van der Waals surface area contributed by atoms with Crippen LogP contribution in [0, 0.1) is 28.6 Å². The van der Waals surface area contributed by atoms with E-state index >= 15 is 0 Å². The van der Waals surface area contributed by atoms with E-state index in [9.17, 15) is 4.79 Å². The molecule has 0 aromatic heterocycles. The Hall–Kier alpha value is -1.25. The molecule has 0 aliphatic heterocycles. The number of carbonyl (C=O) groups excluding carboxylic acids is 1. The average Bonchev–Trinajstić information content (AvgIpc) is 2.79. The van der Waals surface area contributed by atoms with Gasteiger partial charge in [-0.15, -0.1) is 0 Å². The van der Waals surface area contributed by atoms with Gasteiger partial charge in [0.25, 0.3) is 0 Å². The van der Waals surface area contributed by atoms with E-state index in [4.69, 9.17) is 9.47 Å². The number of ether oxygens (including phenoxy) is 2. The van der Waals surface area contributed by atoms with Gasteiger partial charge < -0.3 is 9.47 Å². The Morgan fingerprint density at radius 3 is 2.50 bits per heavy atom. The maximum absolute atomic E-state index is 12.0. The van der Waals surface area contributed by atoms with Crippen LogP contribution in [-0.2, 0) is 14.3 Å². The van der Waals surface area contributed by atoms with E-state index in [-0.39, 0.29) is 17.3 Å². The van der Waals surface area contributed by atoms with Gasteiger partial charge in [0.15, 0.2) is 0 Å². The fourth-order valence-electron chi connectivity index (χ4n) is 6.34. The molecule has 0 saturated heterocycles. The van der Waals surface area contributed by atoms with Crippen LogP contribution in [0.4, 0.5) is 0 Å². The van der Waals surface area contributed by atoms with Crippen LogP contribution in [0.2, 0.25) is 0 Å². The lowest BCUT2D eigenvalue weighted by Crippen LogP contribution is -2.47. The lowest BCUT2D eigenvalue weighted by Gasteiger charge is -2.55. The fourth-order valence-corrected chi connectivity index (χ4v) is 6.34. The minimum absolute atomic E-state index is 0.0332. The monoisotopic (exact) mass is 474 g/mol. The number of fused-ring (bicyclic) bond motifs is 1. The van der Waals surface area contributed by atoms with Crippen molar-refractivity contribution in [2.45, 2.75) is 125 Å². The zero-order valence-electron chi connectivity index (χ0n) is 23.3. The van der Waals surface area contributed by atoms with Crippen LogP contribution in [0.3, 0.4) is 0 Å². The van der Waals surface area contributed by atoms with Crippen LogP contribution in [0.5, 0.6) is 0 Å². The zero-order valence-corrected chi connectivity index (χ0v) is 23.3. The summed E-state index contributed by atoms with van der Waals surface area (Å²) in [4.78, 5) is 12.0. The van der Waals surface area contributed by atoms with Crippen LogP contribution < -0.4 is 0 Å². The van der Waals surface area contributed by atoms with Crippen LogP contribution >= 0.6 is 0 Å². The Bertz CT molecular complexity index is 678. The van der Waals surface area contributed by atoms with Crippen molar-refractivity contribution in [3.05, 3.63) is 24.0 Å². The normalized spacial score (nSPS) is 29.0. The lowest BCUT2D eigenvalue weighted by molar-refractivity contribution is -0.145. The predicted molar refractivity (Wildman–Crippen MR) is 144 cm³/mol. The molecule has 2 aliphatic carbocycles. The highest BCUT2D eigenvalue weighted by molar-refractivity contribution is 5.69. The molecule has 0 aromatic carbocycles. The highest BCUT2D eigenvalue weighted by Crippen LogP contribution is 2.61. The summed E-state index contributed by atoms with van der Waals surface area (Å²) in [6, 6.07) is 0. The largest absolute Gasteiger partial charge is 0.498 e. The Morgan fingerprint density at radius 2 is 1.79 bits per heavy atom. The molecule has 0 aromatic rings. The van der Waals surface area contributed by atoms with Gasteiger partial charge in [-0.05, 0) is 62.2 Å². The molecule has 34 heavy (non-hydrogen) atoms. The first-order chi connectivity index (χ1) is 16.1. The van der Waals surface area contributed by atoms with Gasteiger partial charge in [-0.3, -0.25) is 4.79 Å². The first kappa shape index (κ1) is 29.0. The van der Waals surface area contributed by atoms with Crippen molar-refractivity contribution in [1.29, 1.82) is 0 Å². The number of hydrogen-bond donors (Lipinski definition) is 0. The maximum Gasteiger partial charge on any atom is 0.305 e. The SMILES string of the molecule is C=C(OCC(C)COC(=O)CCCCCCC)C1(C)CCCC2(C)C/C(=C\CC(C)C)CCC21. The molecule has 0 radical (unpaired) electrons. The van der Waals surface area contributed by atoms with Crippen LogP contribution in [0.1, 0.15) is 125 Å². The minimum atomic E-state index is -0.0688. The van der Waals surface area contributed by atoms with Crippen LogP contribution in [-0.4, -0.2) is 19.2 Å². The molecular weight excluding hydrogens is 420 g/mol. The van der Waals surface area contributed by atoms with Crippen molar-refractivity contribution in [3.63, 3.8) is 0 Å². The van der Waals surface area contributed by atoms with Gasteiger partial charge in [0.2, 0.25) is 0 Å². The van der Waals surface area contributed by atoms with E-state index < -0.39 is 0 Å². The molecule has 4 atom stereocenters. The van der Waals surface area contributed by atoms with Gasteiger partial charge in [-0.25, -0.2) is 0 Å². The Labute approximate surface area is 211 Å². The molecule has 3 nitrogen and oxygen atoms in total. The predicted octanol–water partition coefficient (Wildman–Crippen LogP) is 9.03. The third kappa shape index (κ3) is 8.45. The van der Waals surface area contributed by atoms with E-state index in [1.54, 1.807) is 5.57 Å². The summed E-state index contributed by atoms with van der Waals surface area (Å²) in [7, 11) is 0. The van der Waals surface area contributed by atoms with Gasteiger partial charge >= 0.3 is 5.97 Å². The molecule has 3 heteroatoms. The third-order valence-electron chi connectivity index (χ3n) is 8.51. The Kier molecular flexibility index (Phi) is 11.7. The summed E-state index contributed by atoms with van der Waals surface area (Å²) in [5, 5.41) is 0. The van der Waals surface area contributed by atoms with Gasteiger partial charge in [-0.2, -0.15) is 0 Å². The topological polar surface area (TPSA) is 35.5 Å². The highest BCUT2D eigenvalue weighted by Gasteiger charge is 2.52. The molecular formula is C31H54O3. The molecule has 0 amide bonds. The fraction of sp³-hybridized carbons (Fsp3) is 0.839. The standard InChI is InChI=1S/C31H54O3/c1-8-9-10-11-12-14-29(32)34-23-25(4)22-33-26(5)31(7)20-13-19-30(6)21-27(16-15-24(2)3)17-18-28(30)31/h16,24-25,28H,5,8-15,17-23H2,1-4,6-7H3/b27-16-. The smallest absolute Gasteiger partial charge is 0.305 e. The number of unbranched alkanes of at least 4 members (excludes halogenated alkanes) is 4. The van der Waals surface area contributed by atoms with Crippen molar-refractivity contribution in [1.82, 2.24) is 0 Å². The number of hydrogen-bond acceptors (Lipinski definition) is 3. The minimum Gasteiger partial charge on any atom is -0.498 e. The summed E-state index contributed by atoms with van der Waals surface area (Å²) in [5.41, 5.74) is 2.05. The van der Waals surface area contributed by atoms with Crippen molar-refractivity contribution < 1.29 is 14.3 Å². The van der Waals surface area contributed by atoms with Crippen LogP contribution in [0.25, 0.3) is 0 Å². The van der Waals surface area contributed by atoms with Crippen molar-refractivity contribution in [2.24, 2.45) is 28.6 Å². The van der Waals surface area contributed by atoms with E-state index in [0.717, 1.165) is 24.5 Å². The van der Waals surface area contributed by atoms with E-state index in [2.05, 4.69) is 54.2 Å². The second-order valence-electron chi connectivity index (χ2n) is 12.4. The molecule has 0 heterocycles. The molecule has 2 saturated carbocycles. The van der Waals surface area contributed by atoms with Crippen molar-refractivity contribution >= 4 is 5.97 Å². The average molecular weight is 475 g/mol. The summed E-state index contributed by atoms with van der Waals surface area (Å²) in [5.74, 6) is 2.41. The molecule has 0 bridgehead atoms. The molecule has 2 fully saturated rings. The summed E-state index contributed by atoms with van der Waals surface area (Å²) in [6.07, 6.45) is 17.4. The van der Waals surface area contributed by atoms with Crippen LogP contribution in [0.15, 0.2) is 24.0 Å². The number of esters is 1. The highest BCUT2D eigenvalue weighted by atomic mass is 16.5. The number of allylic oxidation sites excluding steroid dienone is 3. The number of carbonyl (C=O) groups is 1. The Balaban J connectivity index is 1.81. The van der Waals surface area contributed by atoms with E-state index in [1.807, 2.05) is 0 Å². The third-order valence-corrected chi connectivity index (χ3v) is 8.51. The molecule has 0 N–H and O–H groups in total. The molecule has 2 rings (SSSR count). The molecule has 4 unspecified atom stereocenters. The van der Waals surface area contributed by atoms with Crippen molar-refractivity contribution in [3.8, 4) is 0 Å². The first-order valence-electron chi connectivity index (χ1n) is 14.3. The summed E-state index contributed by atoms with van der Waals surface area (Å²) < 4.78 is 11.8. The zero-order chi connectivity index (χ0) is 25.2. The first-order valence-corrected chi connectivity index (χ1v) is 14.3. The second-order valence-corrected chi connectivity index (χ2v) is 12.4.